The molecule has 0 radical (unpaired) electrons. The summed E-state index contributed by atoms with van der Waals surface area (Å²) in [4.78, 5) is 14.7. The third-order valence-electron chi connectivity index (χ3n) is 3.82. The minimum atomic E-state index is -0.113. The number of hydrogen-bond acceptors (Lipinski definition) is 3. The molecule has 0 fully saturated rings. The van der Waals surface area contributed by atoms with Crippen molar-refractivity contribution < 1.29 is 9.53 Å². The van der Waals surface area contributed by atoms with E-state index in [-0.39, 0.29) is 12.0 Å². The number of amides is 1. The van der Waals surface area contributed by atoms with Gasteiger partial charge in [0.2, 0.25) is 0 Å². The van der Waals surface area contributed by atoms with Gasteiger partial charge in [-0.2, -0.15) is 0 Å². The van der Waals surface area contributed by atoms with Crippen molar-refractivity contribution in [2.45, 2.75) is 13.0 Å². The van der Waals surface area contributed by atoms with Crippen molar-refractivity contribution in [2.75, 3.05) is 13.7 Å². The van der Waals surface area contributed by atoms with Crippen molar-refractivity contribution in [3.05, 3.63) is 69.9 Å². The van der Waals surface area contributed by atoms with Gasteiger partial charge in [-0.1, -0.05) is 30.3 Å². The average Bonchev–Trinajstić information content (AvgIpc) is 3.01. The molecule has 118 valence electrons. The van der Waals surface area contributed by atoms with Gasteiger partial charge in [-0.15, -0.1) is 11.3 Å². The largest absolute Gasteiger partial charge is 0.374 e. The van der Waals surface area contributed by atoms with E-state index in [0.717, 1.165) is 15.6 Å². The Balaban J connectivity index is 1.70. The monoisotopic (exact) mass is 325 g/mol. The average molecular weight is 325 g/mol. The lowest BCUT2D eigenvalue weighted by Gasteiger charge is -2.15. The molecule has 0 saturated carbocycles. The second-order valence-corrected chi connectivity index (χ2v) is 6.76. The predicted molar refractivity (Wildman–Crippen MR) is 95.1 cm³/mol. The second kappa shape index (κ2) is 6.94. The fourth-order valence-corrected chi connectivity index (χ4v) is 3.50. The first-order chi connectivity index (χ1) is 11.2. The van der Waals surface area contributed by atoms with Crippen LogP contribution in [-0.4, -0.2) is 19.6 Å². The fraction of sp³-hybridized carbons (Fsp3) is 0.211. The van der Waals surface area contributed by atoms with Gasteiger partial charge in [0.25, 0.3) is 5.91 Å². The molecular formula is C19H19NO2S. The smallest absolute Gasteiger partial charge is 0.251 e. The maximum Gasteiger partial charge on any atom is 0.251 e. The molecule has 0 spiro atoms. The number of nitrogens with one attached hydrogen (secondary N) is 1. The SMILES string of the molecule is COC(CNC(=O)c1ccc2ccccc2c1)c1ccc(C)s1. The summed E-state index contributed by atoms with van der Waals surface area (Å²) in [5.74, 6) is -0.0777. The van der Waals surface area contributed by atoms with E-state index in [0.29, 0.717) is 12.1 Å². The molecule has 0 saturated heterocycles. The maximum atomic E-state index is 12.4. The summed E-state index contributed by atoms with van der Waals surface area (Å²) < 4.78 is 5.50. The molecule has 0 aliphatic rings. The van der Waals surface area contributed by atoms with Gasteiger partial charge in [0.05, 0.1) is 0 Å². The van der Waals surface area contributed by atoms with Crippen LogP contribution in [0.1, 0.15) is 26.2 Å². The van der Waals surface area contributed by atoms with E-state index >= 15 is 0 Å². The number of ether oxygens (including phenoxy) is 1. The van der Waals surface area contributed by atoms with Gasteiger partial charge in [0.1, 0.15) is 6.10 Å². The molecule has 1 atom stereocenters. The molecule has 1 heterocycles. The van der Waals surface area contributed by atoms with E-state index < -0.39 is 0 Å². The number of rotatable bonds is 5. The number of aryl methyl sites for hydroxylation is 1. The highest BCUT2D eigenvalue weighted by Gasteiger charge is 2.14. The van der Waals surface area contributed by atoms with Crippen molar-refractivity contribution in [1.29, 1.82) is 0 Å². The minimum Gasteiger partial charge on any atom is -0.374 e. The maximum absolute atomic E-state index is 12.4. The molecule has 3 rings (SSSR count). The van der Waals surface area contributed by atoms with E-state index in [1.807, 2.05) is 42.5 Å². The van der Waals surface area contributed by atoms with Crippen molar-refractivity contribution >= 4 is 28.0 Å². The number of carbonyl (C=O) groups is 1. The van der Waals surface area contributed by atoms with Crippen molar-refractivity contribution in [3.8, 4) is 0 Å². The predicted octanol–water partition coefficient (Wildman–Crippen LogP) is 4.33. The molecule has 0 aliphatic heterocycles. The molecule has 3 nitrogen and oxygen atoms in total. The van der Waals surface area contributed by atoms with Crippen LogP contribution >= 0.6 is 11.3 Å². The van der Waals surface area contributed by atoms with E-state index in [9.17, 15) is 4.79 Å². The van der Waals surface area contributed by atoms with Gasteiger partial charge in [-0.3, -0.25) is 4.79 Å². The quantitative estimate of drug-likeness (QED) is 0.758. The van der Waals surface area contributed by atoms with Crippen LogP contribution in [0.25, 0.3) is 10.8 Å². The van der Waals surface area contributed by atoms with Gasteiger partial charge in [-0.25, -0.2) is 0 Å². The highest BCUT2D eigenvalue weighted by atomic mass is 32.1. The first kappa shape index (κ1) is 15.7. The fourth-order valence-electron chi connectivity index (χ4n) is 2.54. The number of fused-ring (bicyclic) bond motifs is 1. The molecule has 2 aromatic carbocycles. The lowest BCUT2D eigenvalue weighted by Crippen LogP contribution is -2.28. The Morgan fingerprint density at radius 2 is 1.91 bits per heavy atom. The van der Waals surface area contributed by atoms with Crippen molar-refractivity contribution in [1.82, 2.24) is 5.32 Å². The Hall–Kier alpha value is -2.17. The topological polar surface area (TPSA) is 38.3 Å². The number of hydrogen-bond donors (Lipinski definition) is 1. The van der Waals surface area contributed by atoms with Crippen molar-refractivity contribution in [3.63, 3.8) is 0 Å². The first-order valence-electron chi connectivity index (χ1n) is 7.53. The van der Waals surface area contributed by atoms with Gasteiger partial charge < -0.3 is 10.1 Å². The minimum absolute atomic E-state index is 0.0777. The zero-order valence-electron chi connectivity index (χ0n) is 13.2. The summed E-state index contributed by atoms with van der Waals surface area (Å²) in [5, 5.41) is 5.16. The highest BCUT2D eigenvalue weighted by molar-refractivity contribution is 7.12. The van der Waals surface area contributed by atoms with Crippen LogP contribution in [0.4, 0.5) is 0 Å². The molecule has 3 aromatic rings. The standard InChI is InChI=1S/C19H19NO2S/c1-13-7-10-18(23-13)17(22-2)12-20-19(21)16-9-8-14-5-3-4-6-15(14)11-16/h3-11,17H,12H2,1-2H3,(H,20,21). The molecule has 23 heavy (non-hydrogen) atoms. The van der Waals surface area contributed by atoms with E-state index in [1.54, 1.807) is 18.4 Å². The molecule has 1 aromatic heterocycles. The van der Waals surface area contributed by atoms with E-state index in [4.69, 9.17) is 4.74 Å². The lowest BCUT2D eigenvalue weighted by atomic mass is 10.1. The second-order valence-electron chi connectivity index (χ2n) is 5.44. The molecule has 1 unspecified atom stereocenters. The molecule has 1 amide bonds. The Morgan fingerprint density at radius 1 is 1.13 bits per heavy atom. The number of carbonyl (C=O) groups excluding carboxylic acids is 1. The third-order valence-corrected chi connectivity index (χ3v) is 4.92. The van der Waals surface area contributed by atoms with E-state index in [1.165, 1.54) is 4.88 Å². The number of methoxy groups -OCH3 is 1. The summed E-state index contributed by atoms with van der Waals surface area (Å²) in [6.45, 7) is 2.52. The molecule has 0 aliphatic carbocycles. The summed E-state index contributed by atoms with van der Waals surface area (Å²) in [5.41, 5.74) is 0.668. The van der Waals surface area contributed by atoms with Crippen LogP contribution in [0.5, 0.6) is 0 Å². The number of thiophene rings is 1. The lowest BCUT2D eigenvalue weighted by molar-refractivity contribution is 0.0838. The van der Waals surface area contributed by atoms with Crippen LogP contribution in [0, 0.1) is 6.92 Å². The summed E-state index contributed by atoms with van der Waals surface area (Å²) in [7, 11) is 1.67. The molecule has 4 heteroatoms. The van der Waals surface area contributed by atoms with Crippen LogP contribution in [0.3, 0.4) is 0 Å². The molecule has 1 N–H and O–H groups in total. The Kier molecular flexibility index (Phi) is 4.74. The zero-order chi connectivity index (χ0) is 16.2. The Bertz CT molecular complexity index is 825. The van der Waals surface area contributed by atoms with Crippen LogP contribution < -0.4 is 5.32 Å². The summed E-state index contributed by atoms with van der Waals surface area (Å²) >= 11 is 1.69. The van der Waals surface area contributed by atoms with Gasteiger partial charge in [0, 0.05) is 29.0 Å². The Labute approximate surface area is 139 Å². The normalized spacial score (nSPS) is 12.3. The van der Waals surface area contributed by atoms with Gasteiger partial charge >= 0.3 is 0 Å². The summed E-state index contributed by atoms with van der Waals surface area (Å²) in [6.07, 6.45) is -0.113. The van der Waals surface area contributed by atoms with E-state index in [2.05, 4.69) is 24.4 Å². The number of benzene rings is 2. The van der Waals surface area contributed by atoms with Gasteiger partial charge in [-0.05, 0) is 42.0 Å². The third kappa shape index (κ3) is 3.60. The van der Waals surface area contributed by atoms with Gasteiger partial charge in [0.15, 0.2) is 0 Å². The van der Waals surface area contributed by atoms with Crippen LogP contribution in [0.2, 0.25) is 0 Å². The first-order valence-corrected chi connectivity index (χ1v) is 8.35. The zero-order valence-corrected chi connectivity index (χ0v) is 14.0. The van der Waals surface area contributed by atoms with Crippen LogP contribution in [0.15, 0.2) is 54.6 Å². The highest BCUT2D eigenvalue weighted by Crippen LogP contribution is 2.24. The Morgan fingerprint density at radius 3 is 2.61 bits per heavy atom. The molecular weight excluding hydrogens is 306 g/mol. The van der Waals surface area contributed by atoms with Crippen LogP contribution in [-0.2, 0) is 4.74 Å². The molecule has 0 bridgehead atoms. The summed E-state index contributed by atoms with van der Waals surface area (Å²) in [6, 6.07) is 17.9. The van der Waals surface area contributed by atoms with Crippen molar-refractivity contribution in [2.24, 2.45) is 0 Å².